The number of hydrogen-bond donors (Lipinski definition) is 1. The van der Waals surface area contributed by atoms with Crippen LogP contribution in [0.15, 0.2) is 18.2 Å². The summed E-state index contributed by atoms with van der Waals surface area (Å²) in [6, 6.07) is 4.56. The first-order chi connectivity index (χ1) is 7.38. The van der Waals surface area contributed by atoms with Crippen LogP contribution in [0, 0.1) is 12.7 Å². The molecule has 1 aromatic rings. The Morgan fingerprint density at radius 2 is 1.94 bits per heavy atom. The predicted octanol–water partition coefficient (Wildman–Crippen LogP) is 3.18. The highest BCUT2D eigenvalue weighted by atomic mass is 19.4. The highest BCUT2D eigenvalue weighted by Gasteiger charge is 2.25. The van der Waals surface area contributed by atoms with Gasteiger partial charge in [0.1, 0.15) is 5.82 Å². The van der Waals surface area contributed by atoms with Crippen LogP contribution in [-0.4, -0.2) is 12.7 Å². The van der Waals surface area contributed by atoms with E-state index in [4.69, 9.17) is 0 Å². The molecule has 1 aromatic carbocycles. The lowest BCUT2D eigenvalue weighted by Gasteiger charge is -2.08. The van der Waals surface area contributed by atoms with Gasteiger partial charge in [0.2, 0.25) is 0 Å². The van der Waals surface area contributed by atoms with Crippen LogP contribution in [0.2, 0.25) is 0 Å². The summed E-state index contributed by atoms with van der Waals surface area (Å²) >= 11 is 0. The van der Waals surface area contributed by atoms with Crippen LogP contribution in [0.1, 0.15) is 17.5 Å². The molecule has 0 amide bonds. The second kappa shape index (κ2) is 5.30. The van der Waals surface area contributed by atoms with Crippen molar-refractivity contribution in [2.75, 3.05) is 6.54 Å². The number of rotatable bonds is 4. The molecule has 0 unspecified atom stereocenters. The average molecular weight is 235 g/mol. The van der Waals surface area contributed by atoms with E-state index in [0.29, 0.717) is 5.56 Å². The molecule has 90 valence electrons. The van der Waals surface area contributed by atoms with E-state index < -0.39 is 18.4 Å². The monoisotopic (exact) mass is 235 g/mol. The van der Waals surface area contributed by atoms with E-state index in [1.54, 1.807) is 19.1 Å². The molecule has 0 heterocycles. The summed E-state index contributed by atoms with van der Waals surface area (Å²) in [5.41, 5.74) is 1.27. The number of halogens is 4. The molecule has 0 saturated heterocycles. The minimum atomic E-state index is -4.17. The van der Waals surface area contributed by atoms with Gasteiger partial charge in [-0.1, -0.05) is 17.7 Å². The second-order valence-corrected chi connectivity index (χ2v) is 3.64. The number of aryl methyl sites for hydroxylation is 1. The predicted molar refractivity (Wildman–Crippen MR) is 53.5 cm³/mol. The SMILES string of the molecule is Cc1ccc(F)c(CNCCC(F)(F)F)c1. The van der Waals surface area contributed by atoms with Gasteiger partial charge in [-0.15, -0.1) is 0 Å². The van der Waals surface area contributed by atoms with Gasteiger partial charge < -0.3 is 5.32 Å². The molecule has 16 heavy (non-hydrogen) atoms. The molecule has 0 aliphatic carbocycles. The molecule has 0 radical (unpaired) electrons. The second-order valence-electron chi connectivity index (χ2n) is 3.64. The van der Waals surface area contributed by atoms with E-state index in [1.165, 1.54) is 6.07 Å². The lowest BCUT2D eigenvalue weighted by molar-refractivity contribution is -0.133. The summed E-state index contributed by atoms with van der Waals surface area (Å²) in [7, 11) is 0. The van der Waals surface area contributed by atoms with Crippen molar-refractivity contribution < 1.29 is 17.6 Å². The topological polar surface area (TPSA) is 12.0 Å². The van der Waals surface area contributed by atoms with Crippen molar-refractivity contribution in [3.63, 3.8) is 0 Å². The lowest BCUT2D eigenvalue weighted by atomic mass is 10.1. The molecule has 1 rings (SSSR count). The smallest absolute Gasteiger partial charge is 0.312 e. The van der Waals surface area contributed by atoms with Gasteiger partial charge in [-0.3, -0.25) is 0 Å². The summed E-state index contributed by atoms with van der Waals surface area (Å²) in [5, 5.41) is 2.57. The first-order valence-electron chi connectivity index (χ1n) is 4.91. The summed E-state index contributed by atoms with van der Waals surface area (Å²) < 4.78 is 48.6. The molecule has 0 aromatic heterocycles. The van der Waals surface area contributed by atoms with Crippen molar-refractivity contribution in [2.45, 2.75) is 26.1 Å². The third kappa shape index (κ3) is 4.61. The molecule has 0 atom stereocenters. The fourth-order valence-corrected chi connectivity index (χ4v) is 1.29. The maximum Gasteiger partial charge on any atom is 0.390 e. The number of alkyl halides is 3. The fourth-order valence-electron chi connectivity index (χ4n) is 1.29. The Morgan fingerprint density at radius 1 is 1.25 bits per heavy atom. The van der Waals surface area contributed by atoms with Crippen molar-refractivity contribution in [1.29, 1.82) is 0 Å². The van der Waals surface area contributed by atoms with E-state index in [2.05, 4.69) is 5.32 Å². The zero-order valence-corrected chi connectivity index (χ0v) is 8.87. The molecule has 0 saturated carbocycles. The van der Waals surface area contributed by atoms with Crippen molar-refractivity contribution >= 4 is 0 Å². The highest BCUT2D eigenvalue weighted by molar-refractivity contribution is 5.23. The summed E-state index contributed by atoms with van der Waals surface area (Å²) in [6.07, 6.45) is -5.07. The molecule has 0 aliphatic rings. The lowest BCUT2D eigenvalue weighted by Crippen LogP contribution is -2.21. The van der Waals surface area contributed by atoms with Gasteiger partial charge in [-0.05, 0) is 13.0 Å². The Morgan fingerprint density at radius 3 is 2.56 bits per heavy atom. The minimum absolute atomic E-state index is 0.115. The molecule has 0 aliphatic heterocycles. The van der Waals surface area contributed by atoms with Crippen molar-refractivity contribution in [1.82, 2.24) is 5.32 Å². The standard InChI is InChI=1S/C11H13F4N/c1-8-2-3-10(12)9(6-8)7-16-5-4-11(13,14)15/h2-3,6,16H,4-5,7H2,1H3. The molecular formula is C11H13F4N. The minimum Gasteiger partial charge on any atom is -0.312 e. The average Bonchev–Trinajstić information content (AvgIpc) is 2.16. The maximum atomic E-state index is 13.2. The zero-order chi connectivity index (χ0) is 12.2. The number of hydrogen-bond acceptors (Lipinski definition) is 1. The third-order valence-corrected chi connectivity index (χ3v) is 2.10. The van der Waals surface area contributed by atoms with Crippen LogP contribution in [0.3, 0.4) is 0 Å². The Hall–Kier alpha value is -1.10. The van der Waals surface area contributed by atoms with Gasteiger partial charge in [-0.2, -0.15) is 13.2 Å². The largest absolute Gasteiger partial charge is 0.390 e. The maximum absolute atomic E-state index is 13.2. The summed E-state index contributed by atoms with van der Waals surface area (Å²) in [6.45, 7) is 1.72. The quantitative estimate of drug-likeness (QED) is 0.624. The Balaban J connectivity index is 2.40. The van der Waals surface area contributed by atoms with Gasteiger partial charge in [-0.25, -0.2) is 4.39 Å². The van der Waals surface area contributed by atoms with Gasteiger partial charge >= 0.3 is 6.18 Å². The molecule has 0 fully saturated rings. The first-order valence-corrected chi connectivity index (χ1v) is 4.91. The van der Waals surface area contributed by atoms with E-state index in [-0.39, 0.29) is 13.1 Å². The number of nitrogens with one attached hydrogen (secondary N) is 1. The van der Waals surface area contributed by atoms with Gasteiger partial charge in [0, 0.05) is 18.7 Å². The molecular weight excluding hydrogens is 222 g/mol. The zero-order valence-electron chi connectivity index (χ0n) is 8.87. The Bertz CT molecular complexity index is 346. The normalized spacial score (nSPS) is 11.8. The van der Waals surface area contributed by atoms with Crippen LogP contribution < -0.4 is 5.32 Å². The fraction of sp³-hybridized carbons (Fsp3) is 0.455. The summed E-state index contributed by atoms with van der Waals surface area (Å²) in [4.78, 5) is 0. The molecule has 1 nitrogen and oxygen atoms in total. The van der Waals surface area contributed by atoms with E-state index in [1.807, 2.05) is 0 Å². The molecule has 1 N–H and O–H groups in total. The van der Waals surface area contributed by atoms with Crippen molar-refractivity contribution in [3.8, 4) is 0 Å². The number of benzene rings is 1. The van der Waals surface area contributed by atoms with Gasteiger partial charge in [0.05, 0.1) is 6.42 Å². The van der Waals surface area contributed by atoms with Gasteiger partial charge in [0.15, 0.2) is 0 Å². The van der Waals surface area contributed by atoms with Gasteiger partial charge in [0.25, 0.3) is 0 Å². The van der Waals surface area contributed by atoms with Crippen molar-refractivity contribution in [2.24, 2.45) is 0 Å². The first kappa shape index (κ1) is 13.0. The molecule has 0 spiro atoms. The van der Waals surface area contributed by atoms with E-state index in [0.717, 1.165) is 5.56 Å². The Labute approximate surface area is 91.5 Å². The molecule has 0 bridgehead atoms. The Kier molecular flexibility index (Phi) is 4.29. The van der Waals surface area contributed by atoms with E-state index >= 15 is 0 Å². The van der Waals surface area contributed by atoms with Crippen LogP contribution in [0.4, 0.5) is 17.6 Å². The van der Waals surface area contributed by atoms with Crippen molar-refractivity contribution in [3.05, 3.63) is 35.1 Å². The highest BCUT2D eigenvalue weighted by Crippen LogP contribution is 2.18. The van der Waals surface area contributed by atoms with Crippen LogP contribution in [-0.2, 0) is 6.54 Å². The third-order valence-electron chi connectivity index (χ3n) is 2.10. The van der Waals surface area contributed by atoms with Crippen LogP contribution in [0.5, 0.6) is 0 Å². The van der Waals surface area contributed by atoms with E-state index in [9.17, 15) is 17.6 Å². The summed E-state index contributed by atoms with van der Waals surface area (Å²) in [5.74, 6) is -0.398. The molecule has 5 heteroatoms. The van der Waals surface area contributed by atoms with Crippen LogP contribution >= 0.6 is 0 Å². The van der Waals surface area contributed by atoms with Crippen LogP contribution in [0.25, 0.3) is 0 Å².